The van der Waals surface area contributed by atoms with Crippen LogP contribution in [0.2, 0.25) is 0 Å². The molecule has 0 unspecified atom stereocenters. The van der Waals surface area contributed by atoms with Crippen LogP contribution in [0.5, 0.6) is 0 Å². The lowest BCUT2D eigenvalue weighted by Gasteiger charge is -2.24. The zero-order valence-corrected chi connectivity index (χ0v) is 14.7. The lowest BCUT2D eigenvalue weighted by molar-refractivity contribution is 0.503. The van der Waals surface area contributed by atoms with Crippen LogP contribution in [0.1, 0.15) is 19.7 Å². The van der Waals surface area contributed by atoms with Gasteiger partial charge in [-0.3, -0.25) is 0 Å². The largest absolute Gasteiger partial charge is 0.325 e. The van der Waals surface area contributed by atoms with Gasteiger partial charge in [0.2, 0.25) is 0 Å². The molecule has 0 spiro atoms. The molecule has 2 aromatic rings. The van der Waals surface area contributed by atoms with Crippen LogP contribution in [0.15, 0.2) is 22.7 Å². The summed E-state index contributed by atoms with van der Waals surface area (Å²) < 4.78 is 25.7. The Kier molecular flexibility index (Phi) is 4.19. The fourth-order valence-electron chi connectivity index (χ4n) is 1.92. The van der Waals surface area contributed by atoms with E-state index >= 15 is 0 Å². The second kappa shape index (κ2) is 5.31. The minimum atomic E-state index is -3.19. The average Bonchev–Trinajstić information content (AvgIpc) is 2.65. The Bertz CT molecular complexity index is 753. The number of alkyl halides is 1. The lowest BCUT2D eigenvalue weighted by atomic mass is 10.2. The van der Waals surface area contributed by atoms with E-state index in [-0.39, 0.29) is 5.88 Å². The monoisotopic (exact) mass is 378 g/mol. The van der Waals surface area contributed by atoms with E-state index in [4.69, 9.17) is 11.6 Å². The first-order chi connectivity index (χ1) is 9.15. The van der Waals surface area contributed by atoms with Crippen LogP contribution in [0.4, 0.5) is 0 Å². The van der Waals surface area contributed by atoms with Crippen LogP contribution in [-0.4, -0.2) is 29.0 Å². The molecule has 2 rings (SSSR count). The van der Waals surface area contributed by atoms with Gasteiger partial charge >= 0.3 is 0 Å². The minimum Gasteiger partial charge on any atom is -0.325 e. The van der Waals surface area contributed by atoms with Gasteiger partial charge in [-0.15, -0.1) is 11.6 Å². The number of aromatic nitrogens is 2. The van der Waals surface area contributed by atoms with Gasteiger partial charge in [-0.1, -0.05) is 15.9 Å². The molecule has 0 saturated carbocycles. The summed E-state index contributed by atoms with van der Waals surface area (Å²) in [5.74, 6) is 0.920. The number of benzene rings is 1. The number of nitrogens with zero attached hydrogens (tertiary/aromatic N) is 2. The van der Waals surface area contributed by atoms with Gasteiger partial charge in [-0.05, 0) is 32.0 Å². The summed E-state index contributed by atoms with van der Waals surface area (Å²) in [6.07, 6.45) is 1.25. The minimum absolute atomic E-state index is 0.242. The van der Waals surface area contributed by atoms with E-state index in [1.807, 2.05) is 22.8 Å². The molecule has 1 aromatic carbocycles. The molecule has 0 aliphatic rings. The molecule has 1 heterocycles. The second-order valence-electron chi connectivity index (χ2n) is 5.41. The van der Waals surface area contributed by atoms with E-state index in [0.29, 0.717) is 12.4 Å². The highest BCUT2D eigenvalue weighted by Crippen LogP contribution is 2.26. The van der Waals surface area contributed by atoms with Crippen molar-refractivity contribution in [1.29, 1.82) is 0 Å². The lowest BCUT2D eigenvalue weighted by Crippen LogP contribution is -2.36. The maximum atomic E-state index is 11.9. The maximum absolute atomic E-state index is 11.9. The second-order valence-corrected chi connectivity index (χ2v) is 9.25. The SMILES string of the molecule is CC(C)(Cn1c(CCl)nc2ccc(Br)cc21)S(C)(=O)=O. The van der Waals surface area contributed by atoms with Crippen molar-refractivity contribution in [2.75, 3.05) is 6.26 Å². The van der Waals surface area contributed by atoms with Crippen molar-refractivity contribution in [3.8, 4) is 0 Å². The van der Waals surface area contributed by atoms with Crippen molar-refractivity contribution in [3.63, 3.8) is 0 Å². The third-order valence-electron chi connectivity index (χ3n) is 3.45. The van der Waals surface area contributed by atoms with E-state index in [2.05, 4.69) is 20.9 Å². The van der Waals surface area contributed by atoms with Crippen LogP contribution in [0.3, 0.4) is 0 Å². The first-order valence-electron chi connectivity index (χ1n) is 6.06. The molecule has 4 nitrogen and oxygen atoms in total. The summed E-state index contributed by atoms with van der Waals surface area (Å²) in [6.45, 7) is 3.75. The number of hydrogen-bond donors (Lipinski definition) is 0. The molecule has 0 N–H and O–H groups in total. The number of halogens is 2. The molecule has 0 amide bonds. The Labute approximate surface area is 132 Å². The molecule has 20 heavy (non-hydrogen) atoms. The number of sulfone groups is 1. The Morgan fingerprint density at radius 1 is 1.40 bits per heavy atom. The van der Waals surface area contributed by atoms with Crippen molar-refractivity contribution in [3.05, 3.63) is 28.5 Å². The van der Waals surface area contributed by atoms with Crippen LogP contribution < -0.4 is 0 Å². The summed E-state index contributed by atoms with van der Waals surface area (Å²) in [7, 11) is -3.19. The van der Waals surface area contributed by atoms with E-state index < -0.39 is 14.6 Å². The Morgan fingerprint density at radius 3 is 2.60 bits per heavy atom. The summed E-state index contributed by atoms with van der Waals surface area (Å²) in [6, 6.07) is 5.72. The molecule has 110 valence electrons. The van der Waals surface area contributed by atoms with E-state index in [9.17, 15) is 8.42 Å². The fourth-order valence-corrected chi connectivity index (χ4v) is 2.84. The maximum Gasteiger partial charge on any atom is 0.154 e. The highest BCUT2D eigenvalue weighted by molar-refractivity contribution is 9.10. The van der Waals surface area contributed by atoms with E-state index in [1.165, 1.54) is 6.26 Å². The normalized spacial score (nSPS) is 13.1. The van der Waals surface area contributed by atoms with Crippen LogP contribution >= 0.6 is 27.5 Å². The number of imidazole rings is 1. The standard InChI is InChI=1S/C13H16BrClN2O2S/c1-13(2,20(3,18)19)8-17-11-6-9(14)4-5-10(11)16-12(17)7-15/h4-6H,7-8H2,1-3H3. The van der Waals surface area contributed by atoms with E-state index in [0.717, 1.165) is 15.5 Å². The number of hydrogen-bond acceptors (Lipinski definition) is 3. The predicted octanol–water partition coefficient (Wildman–Crippen LogP) is 3.36. The topological polar surface area (TPSA) is 52.0 Å². The summed E-state index contributed by atoms with van der Waals surface area (Å²) in [5, 5.41) is 0. The molecular formula is C13H16BrClN2O2S. The summed E-state index contributed by atoms with van der Waals surface area (Å²) in [5.41, 5.74) is 1.69. The molecule has 0 radical (unpaired) electrons. The highest BCUT2D eigenvalue weighted by atomic mass is 79.9. The quantitative estimate of drug-likeness (QED) is 0.765. The van der Waals surface area contributed by atoms with Crippen molar-refractivity contribution in [1.82, 2.24) is 9.55 Å². The van der Waals surface area contributed by atoms with Crippen molar-refractivity contribution >= 4 is 48.4 Å². The van der Waals surface area contributed by atoms with Gasteiger partial charge in [0, 0.05) is 17.3 Å². The summed E-state index contributed by atoms with van der Waals surface area (Å²) >= 11 is 9.37. The van der Waals surface area contributed by atoms with Gasteiger partial charge in [0.25, 0.3) is 0 Å². The third-order valence-corrected chi connectivity index (χ3v) is 6.32. The smallest absolute Gasteiger partial charge is 0.154 e. The van der Waals surface area contributed by atoms with Crippen LogP contribution in [0, 0.1) is 0 Å². The van der Waals surface area contributed by atoms with Crippen LogP contribution in [0.25, 0.3) is 11.0 Å². The first-order valence-corrected chi connectivity index (χ1v) is 9.28. The van der Waals surface area contributed by atoms with Gasteiger partial charge in [0.15, 0.2) is 9.84 Å². The molecule has 0 aliphatic carbocycles. The predicted molar refractivity (Wildman–Crippen MR) is 85.9 cm³/mol. The van der Waals surface area contributed by atoms with Gasteiger partial charge < -0.3 is 4.57 Å². The van der Waals surface area contributed by atoms with Crippen molar-refractivity contribution in [2.24, 2.45) is 0 Å². The van der Waals surface area contributed by atoms with Gasteiger partial charge in [0.1, 0.15) is 5.82 Å². The number of fused-ring (bicyclic) bond motifs is 1. The molecular weight excluding hydrogens is 364 g/mol. The molecule has 7 heteroatoms. The Morgan fingerprint density at radius 2 is 2.05 bits per heavy atom. The molecule has 0 saturated heterocycles. The van der Waals surface area contributed by atoms with Gasteiger partial charge in [0.05, 0.1) is 21.7 Å². The zero-order valence-electron chi connectivity index (χ0n) is 11.5. The Balaban J connectivity index is 2.61. The first kappa shape index (κ1) is 15.8. The van der Waals surface area contributed by atoms with Gasteiger partial charge in [-0.25, -0.2) is 13.4 Å². The fraction of sp³-hybridized carbons (Fsp3) is 0.462. The van der Waals surface area contributed by atoms with Gasteiger partial charge in [-0.2, -0.15) is 0 Å². The molecule has 0 aliphatic heterocycles. The summed E-state index contributed by atoms with van der Waals surface area (Å²) in [4.78, 5) is 4.45. The molecule has 1 aromatic heterocycles. The number of rotatable bonds is 4. The van der Waals surface area contributed by atoms with Crippen LogP contribution in [-0.2, 0) is 22.3 Å². The van der Waals surface area contributed by atoms with E-state index in [1.54, 1.807) is 13.8 Å². The highest BCUT2D eigenvalue weighted by Gasteiger charge is 2.32. The third kappa shape index (κ3) is 2.87. The van der Waals surface area contributed by atoms with Crippen molar-refractivity contribution < 1.29 is 8.42 Å². The zero-order chi connectivity index (χ0) is 15.1. The average molecular weight is 380 g/mol. The molecule has 0 fully saturated rings. The molecule has 0 bridgehead atoms. The Hall–Kier alpha value is -0.590. The molecule has 0 atom stereocenters. The van der Waals surface area contributed by atoms with Crippen molar-refractivity contribution in [2.45, 2.75) is 31.0 Å².